The summed E-state index contributed by atoms with van der Waals surface area (Å²) in [4.78, 5) is 0. The number of nitrogens with zero attached hydrogens (tertiary/aromatic N) is 1. The first-order valence-corrected chi connectivity index (χ1v) is 5.30. The van der Waals surface area contributed by atoms with Gasteiger partial charge in [0.05, 0.1) is 22.8 Å². The van der Waals surface area contributed by atoms with E-state index in [1.165, 1.54) is 24.3 Å². The molecular formula is C15H7F2NO. The van der Waals surface area contributed by atoms with E-state index in [9.17, 15) is 8.78 Å². The number of aromatic hydroxyl groups is 1. The zero-order valence-corrected chi connectivity index (χ0v) is 9.61. The topological polar surface area (TPSA) is 44.0 Å². The highest BCUT2D eigenvalue weighted by Gasteiger charge is 2.02. The number of hydrogen-bond donors (Lipinski definition) is 1. The molecule has 2 aromatic rings. The van der Waals surface area contributed by atoms with Crippen molar-refractivity contribution in [1.82, 2.24) is 0 Å². The Morgan fingerprint density at radius 1 is 0.895 bits per heavy atom. The van der Waals surface area contributed by atoms with Crippen molar-refractivity contribution in [2.75, 3.05) is 0 Å². The SMILES string of the molecule is N#Cc1ccc(C#Cc2ccc(O)cc2F)c(F)c1. The van der Waals surface area contributed by atoms with Gasteiger partial charge in [-0.2, -0.15) is 5.26 Å². The van der Waals surface area contributed by atoms with E-state index in [-0.39, 0.29) is 22.4 Å². The van der Waals surface area contributed by atoms with Crippen molar-refractivity contribution < 1.29 is 13.9 Å². The van der Waals surface area contributed by atoms with Crippen LogP contribution in [0.4, 0.5) is 8.78 Å². The van der Waals surface area contributed by atoms with E-state index in [4.69, 9.17) is 10.4 Å². The number of rotatable bonds is 0. The second kappa shape index (κ2) is 5.20. The Bertz CT molecular complexity index is 736. The van der Waals surface area contributed by atoms with Crippen LogP contribution >= 0.6 is 0 Å². The number of phenolic OH excluding ortho intramolecular Hbond substituents is 1. The zero-order valence-electron chi connectivity index (χ0n) is 9.61. The van der Waals surface area contributed by atoms with Crippen molar-refractivity contribution in [2.45, 2.75) is 0 Å². The Hall–Kier alpha value is -2.85. The summed E-state index contributed by atoms with van der Waals surface area (Å²) < 4.78 is 26.9. The van der Waals surface area contributed by atoms with Gasteiger partial charge in [0.2, 0.25) is 0 Å². The summed E-state index contributed by atoms with van der Waals surface area (Å²) in [5, 5.41) is 17.6. The summed E-state index contributed by atoms with van der Waals surface area (Å²) in [7, 11) is 0. The molecule has 0 unspecified atom stereocenters. The predicted molar refractivity (Wildman–Crippen MR) is 65.2 cm³/mol. The molecular weight excluding hydrogens is 248 g/mol. The first-order valence-electron chi connectivity index (χ1n) is 5.30. The van der Waals surface area contributed by atoms with Crippen LogP contribution in [0.5, 0.6) is 5.75 Å². The van der Waals surface area contributed by atoms with Gasteiger partial charge in [-0.3, -0.25) is 0 Å². The normalized spacial score (nSPS) is 9.32. The standard InChI is InChI=1S/C15H7F2NO/c16-14-7-10(9-18)1-2-11(14)3-4-12-5-6-13(19)8-15(12)17/h1-2,5-8,19H. The van der Waals surface area contributed by atoms with Crippen LogP contribution in [0.25, 0.3) is 0 Å². The Labute approximate surface area is 108 Å². The first kappa shape index (κ1) is 12.6. The zero-order chi connectivity index (χ0) is 13.8. The van der Waals surface area contributed by atoms with E-state index in [2.05, 4.69) is 11.8 Å². The van der Waals surface area contributed by atoms with Gasteiger partial charge < -0.3 is 5.11 Å². The Kier molecular flexibility index (Phi) is 3.45. The molecule has 92 valence electrons. The number of phenols is 1. The van der Waals surface area contributed by atoms with E-state index < -0.39 is 11.6 Å². The van der Waals surface area contributed by atoms with Gasteiger partial charge in [-0.25, -0.2) is 8.78 Å². The second-order valence-corrected chi connectivity index (χ2v) is 3.72. The maximum Gasteiger partial charge on any atom is 0.142 e. The molecule has 0 aliphatic heterocycles. The van der Waals surface area contributed by atoms with Crippen molar-refractivity contribution in [2.24, 2.45) is 0 Å². The fourth-order valence-corrected chi connectivity index (χ4v) is 1.43. The van der Waals surface area contributed by atoms with Gasteiger partial charge in [0.25, 0.3) is 0 Å². The van der Waals surface area contributed by atoms with Crippen LogP contribution in [-0.2, 0) is 0 Å². The number of benzene rings is 2. The highest BCUT2D eigenvalue weighted by atomic mass is 19.1. The summed E-state index contributed by atoms with van der Waals surface area (Å²) in [6.45, 7) is 0. The van der Waals surface area contributed by atoms with Crippen LogP contribution < -0.4 is 0 Å². The quantitative estimate of drug-likeness (QED) is 0.735. The van der Waals surface area contributed by atoms with E-state index in [1.54, 1.807) is 0 Å². The Balaban J connectivity index is 2.37. The van der Waals surface area contributed by atoms with E-state index in [0.717, 1.165) is 12.1 Å². The fraction of sp³-hybridized carbons (Fsp3) is 0. The van der Waals surface area contributed by atoms with Crippen molar-refractivity contribution in [3.8, 4) is 23.7 Å². The summed E-state index contributed by atoms with van der Waals surface area (Å²) >= 11 is 0. The van der Waals surface area contributed by atoms with Gasteiger partial charge in [0.1, 0.15) is 17.4 Å². The molecule has 2 aromatic carbocycles. The van der Waals surface area contributed by atoms with Crippen LogP contribution in [0.3, 0.4) is 0 Å². The highest BCUT2D eigenvalue weighted by Crippen LogP contribution is 2.14. The number of nitriles is 1. The van der Waals surface area contributed by atoms with Crippen molar-refractivity contribution >= 4 is 0 Å². The molecule has 0 heterocycles. The van der Waals surface area contributed by atoms with Gasteiger partial charge in [0.15, 0.2) is 0 Å². The van der Waals surface area contributed by atoms with Crippen LogP contribution in [0.15, 0.2) is 36.4 Å². The van der Waals surface area contributed by atoms with Crippen LogP contribution in [-0.4, -0.2) is 5.11 Å². The third-order valence-corrected chi connectivity index (χ3v) is 2.38. The average Bonchev–Trinajstić information content (AvgIpc) is 2.39. The lowest BCUT2D eigenvalue weighted by Gasteiger charge is -1.96. The van der Waals surface area contributed by atoms with Crippen molar-refractivity contribution in [1.29, 1.82) is 5.26 Å². The van der Waals surface area contributed by atoms with Gasteiger partial charge in [-0.15, -0.1) is 0 Å². The molecule has 19 heavy (non-hydrogen) atoms. The molecule has 0 saturated heterocycles. The lowest BCUT2D eigenvalue weighted by Crippen LogP contribution is -1.87. The summed E-state index contributed by atoms with van der Waals surface area (Å²) in [6, 6.07) is 9.19. The van der Waals surface area contributed by atoms with Crippen molar-refractivity contribution in [3.63, 3.8) is 0 Å². The third-order valence-electron chi connectivity index (χ3n) is 2.38. The molecule has 2 rings (SSSR count). The largest absolute Gasteiger partial charge is 0.508 e. The van der Waals surface area contributed by atoms with E-state index >= 15 is 0 Å². The minimum Gasteiger partial charge on any atom is -0.508 e. The van der Waals surface area contributed by atoms with Gasteiger partial charge >= 0.3 is 0 Å². The predicted octanol–water partition coefficient (Wildman–Crippen LogP) is 2.94. The molecule has 0 aromatic heterocycles. The maximum absolute atomic E-state index is 13.5. The van der Waals surface area contributed by atoms with Gasteiger partial charge in [-0.1, -0.05) is 11.8 Å². The molecule has 0 bridgehead atoms. The minimum absolute atomic E-state index is 0.0570. The molecule has 1 N–H and O–H groups in total. The lowest BCUT2D eigenvalue weighted by molar-refractivity contribution is 0.469. The molecule has 0 atom stereocenters. The molecule has 0 fully saturated rings. The molecule has 4 heteroatoms. The lowest BCUT2D eigenvalue weighted by atomic mass is 10.1. The Morgan fingerprint density at radius 3 is 2.00 bits per heavy atom. The van der Waals surface area contributed by atoms with Crippen molar-refractivity contribution in [3.05, 3.63) is 64.7 Å². The molecule has 0 saturated carbocycles. The Morgan fingerprint density at radius 2 is 1.47 bits per heavy atom. The highest BCUT2D eigenvalue weighted by molar-refractivity contribution is 5.47. The van der Waals surface area contributed by atoms with Gasteiger partial charge in [0, 0.05) is 6.07 Å². The van der Waals surface area contributed by atoms with Crippen LogP contribution in [0, 0.1) is 34.8 Å². The fourth-order valence-electron chi connectivity index (χ4n) is 1.43. The molecule has 0 radical (unpaired) electrons. The third kappa shape index (κ3) is 2.88. The summed E-state index contributed by atoms with van der Waals surface area (Å²) in [5.41, 5.74) is 0.326. The summed E-state index contributed by atoms with van der Waals surface area (Å²) in [6.07, 6.45) is 0. The first-order chi connectivity index (χ1) is 9.10. The smallest absolute Gasteiger partial charge is 0.142 e. The van der Waals surface area contributed by atoms with Gasteiger partial charge in [-0.05, 0) is 30.3 Å². The van der Waals surface area contributed by atoms with Crippen LogP contribution in [0.2, 0.25) is 0 Å². The average molecular weight is 255 g/mol. The number of hydrogen-bond acceptors (Lipinski definition) is 2. The minimum atomic E-state index is -0.679. The molecule has 0 aliphatic carbocycles. The van der Waals surface area contributed by atoms with E-state index in [1.807, 2.05) is 6.07 Å². The maximum atomic E-state index is 13.5. The number of halogens is 2. The summed E-state index contributed by atoms with van der Waals surface area (Å²) in [5.74, 6) is 3.45. The molecule has 0 amide bonds. The second-order valence-electron chi connectivity index (χ2n) is 3.72. The molecule has 2 nitrogen and oxygen atoms in total. The molecule has 0 spiro atoms. The van der Waals surface area contributed by atoms with E-state index in [0.29, 0.717) is 0 Å². The molecule has 0 aliphatic rings. The van der Waals surface area contributed by atoms with Crippen LogP contribution in [0.1, 0.15) is 16.7 Å². The monoisotopic (exact) mass is 255 g/mol.